The summed E-state index contributed by atoms with van der Waals surface area (Å²) in [7, 11) is -3.72. The van der Waals surface area contributed by atoms with Crippen LogP contribution in [0.15, 0.2) is 77.7 Å². The Labute approximate surface area is 213 Å². The molecule has 5 nitrogen and oxygen atoms in total. The van der Waals surface area contributed by atoms with Crippen LogP contribution in [0.2, 0.25) is 0 Å². The van der Waals surface area contributed by atoms with Crippen molar-refractivity contribution in [3.05, 3.63) is 101 Å². The van der Waals surface area contributed by atoms with Crippen LogP contribution in [0.25, 0.3) is 0 Å². The van der Waals surface area contributed by atoms with E-state index in [-0.39, 0.29) is 34.5 Å². The predicted molar refractivity (Wildman–Crippen MR) is 145 cm³/mol. The molecule has 0 aromatic heterocycles. The number of carbonyl (C=O) groups is 1. The molecule has 36 heavy (non-hydrogen) atoms. The minimum atomic E-state index is -3.72. The summed E-state index contributed by atoms with van der Waals surface area (Å²) in [6.07, 6.45) is 5.29. The molecule has 1 aliphatic carbocycles. The second kappa shape index (κ2) is 9.25. The topological polar surface area (TPSA) is 75.3 Å². The predicted octanol–water partition coefficient (Wildman–Crippen LogP) is 6.77. The van der Waals surface area contributed by atoms with Crippen molar-refractivity contribution in [2.24, 2.45) is 11.8 Å². The number of sulfonamides is 1. The minimum absolute atomic E-state index is 0.0334. The summed E-state index contributed by atoms with van der Waals surface area (Å²) in [6, 6.07) is 18.9. The maximum atomic E-state index is 13.2. The van der Waals surface area contributed by atoms with Crippen LogP contribution in [-0.4, -0.2) is 14.2 Å². The Bertz CT molecular complexity index is 1460. The molecule has 186 valence electrons. The first-order valence-electron chi connectivity index (χ1n) is 12.5. The van der Waals surface area contributed by atoms with Crippen molar-refractivity contribution in [3.63, 3.8) is 0 Å². The zero-order valence-corrected chi connectivity index (χ0v) is 21.9. The number of benzene rings is 3. The molecule has 0 bridgehead atoms. The molecule has 0 unspecified atom stereocenters. The number of allylic oxidation sites excluding steroid dienone is 2. The lowest BCUT2D eigenvalue weighted by atomic mass is 9.77. The van der Waals surface area contributed by atoms with Gasteiger partial charge in [-0.3, -0.25) is 9.52 Å². The fraction of sp³-hybridized carbons (Fsp3) is 0.300. The van der Waals surface area contributed by atoms with Gasteiger partial charge < -0.3 is 5.32 Å². The normalized spacial score (nSPS) is 20.5. The summed E-state index contributed by atoms with van der Waals surface area (Å²) >= 11 is 0. The van der Waals surface area contributed by atoms with E-state index in [0.717, 1.165) is 39.9 Å². The second-order valence-corrected chi connectivity index (χ2v) is 12.0. The van der Waals surface area contributed by atoms with Crippen LogP contribution in [0.1, 0.15) is 64.8 Å². The summed E-state index contributed by atoms with van der Waals surface area (Å²) < 4.78 is 29.2. The molecule has 3 aromatic carbocycles. The van der Waals surface area contributed by atoms with E-state index in [1.54, 1.807) is 18.2 Å². The lowest BCUT2D eigenvalue weighted by molar-refractivity contribution is 0.0939. The smallest absolute Gasteiger partial charge is 0.261 e. The number of hydrogen-bond acceptors (Lipinski definition) is 4. The first kappa shape index (κ1) is 24.3. The van der Waals surface area contributed by atoms with E-state index in [4.69, 9.17) is 0 Å². The highest BCUT2D eigenvalue weighted by Gasteiger charge is 2.38. The van der Waals surface area contributed by atoms with Gasteiger partial charge in [-0.05, 0) is 78.8 Å². The van der Waals surface area contributed by atoms with Crippen LogP contribution in [0.4, 0.5) is 11.4 Å². The van der Waals surface area contributed by atoms with Gasteiger partial charge in [0.1, 0.15) is 0 Å². The van der Waals surface area contributed by atoms with Gasteiger partial charge in [0.05, 0.1) is 10.9 Å². The Morgan fingerprint density at radius 3 is 2.42 bits per heavy atom. The van der Waals surface area contributed by atoms with E-state index in [2.05, 4.69) is 22.2 Å². The maximum Gasteiger partial charge on any atom is 0.261 e. The number of rotatable bonds is 6. The molecule has 0 spiro atoms. The molecule has 5 rings (SSSR count). The van der Waals surface area contributed by atoms with E-state index in [9.17, 15) is 13.2 Å². The molecule has 3 atom stereocenters. The van der Waals surface area contributed by atoms with E-state index in [1.165, 1.54) is 0 Å². The van der Waals surface area contributed by atoms with Gasteiger partial charge in [0.25, 0.3) is 10.0 Å². The van der Waals surface area contributed by atoms with Crippen LogP contribution in [0.3, 0.4) is 0 Å². The van der Waals surface area contributed by atoms with Gasteiger partial charge in [0.15, 0.2) is 5.78 Å². The average Bonchev–Trinajstić information content (AvgIpc) is 3.35. The van der Waals surface area contributed by atoms with Crippen molar-refractivity contribution >= 4 is 27.2 Å². The Morgan fingerprint density at radius 1 is 0.972 bits per heavy atom. The summed E-state index contributed by atoms with van der Waals surface area (Å²) in [5.41, 5.74) is 6.53. The SMILES string of the molecule is Cc1ccc(NS(=O)(=O)c2ccc3c(c2)[C@H]2C=CC[C@H]2[C@H](c2ccc(C(=O)C(C)C)cc2)N3)cc1C. The van der Waals surface area contributed by atoms with Crippen LogP contribution >= 0.6 is 0 Å². The average molecular weight is 501 g/mol. The number of carbonyl (C=O) groups excluding carboxylic acids is 1. The number of nitrogens with one attached hydrogen (secondary N) is 2. The number of anilines is 2. The molecule has 0 saturated heterocycles. The molecule has 0 saturated carbocycles. The van der Waals surface area contributed by atoms with E-state index < -0.39 is 10.0 Å². The molecule has 0 amide bonds. The van der Waals surface area contributed by atoms with Crippen LogP contribution < -0.4 is 10.0 Å². The number of Topliss-reactive ketones (excluding diaryl/α,β-unsaturated/α-hetero) is 1. The molecular weight excluding hydrogens is 468 g/mol. The third-order valence-corrected chi connectivity index (χ3v) is 8.86. The molecular formula is C30H32N2O3S. The van der Waals surface area contributed by atoms with Gasteiger partial charge >= 0.3 is 0 Å². The minimum Gasteiger partial charge on any atom is -0.378 e. The lowest BCUT2D eigenvalue weighted by Crippen LogP contribution is -2.29. The molecule has 6 heteroatoms. The number of fused-ring (bicyclic) bond motifs is 3. The third kappa shape index (κ3) is 4.46. The van der Waals surface area contributed by atoms with Gasteiger partial charge in [0, 0.05) is 28.8 Å². The summed E-state index contributed by atoms with van der Waals surface area (Å²) in [4.78, 5) is 12.6. The van der Waals surface area contributed by atoms with E-state index in [1.807, 2.05) is 70.2 Å². The Hall–Kier alpha value is -3.38. The molecule has 2 aliphatic rings. The van der Waals surface area contributed by atoms with Gasteiger partial charge in [-0.25, -0.2) is 8.42 Å². The fourth-order valence-electron chi connectivity index (χ4n) is 5.28. The van der Waals surface area contributed by atoms with Gasteiger partial charge in [0.2, 0.25) is 0 Å². The van der Waals surface area contributed by atoms with E-state index in [0.29, 0.717) is 5.69 Å². The number of ketones is 1. The Balaban J connectivity index is 1.43. The van der Waals surface area contributed by atoms with Gasteiger partial charge in [-0.2, -0.15) is 0 Å². The highest BCUT2D eigenvalue weighted by molar-refractivity contribution is 7.92. The summed E-state index contributed by atoms with van der Waals surface area (Å²) in [6.45, 7) is 7.80. The van der Waals surface area contributed by atoms with Crippen LogP contribution in [0, 0.1) is 25.7 Å². The largest absolute Gasteiger partial charge is 0.378 e. The van der Waals surface area contributed by atoms with Crippen molar-refractivity contribution in [1.29, 1.82) is 0 Å². The molecule has 3 aromatic rings. The fourth-order valence-corrected chi connectivity index (χ4v) is 6.36. The molecule has 0 fully saturated rings. The van der Waals surface area contributed by atoms with Gasteiger partial charge in [-0.15, -0.1) is 0 Å². The maximum absolute atomic E-state index is 13.2. The zero-order valence-electron chi connectivity index (χ0n) is 21.1. The molecule has 1 heterocycles. The summed E-state index contributed by atoms with van der Waals surface area (Å²) in [5, 5.41) is 3.66. The zero-order chi connectivity index (χ0) is 25.6. The second-order valence-electron chi connectivity index (χ2n) is 10.3. The Morgan fingerprint density at radius 2 is 1.72 bits per heavy atom. The highest BCUT2D eigenvalue weighted by Crippen LogP contribution is 2.50. The van der Waals surface area contributed by atoms with Crippen molar-refractivity contribution in [2.75, 3.05) is 10.0 Å². The van der Waals surface area contributed by atoms with Crippen molar-refractivity contribution in [3.8, 4) is 0 Å². The molecule has 0 radical (unpaired) electrons. The first-order valence-corrected chi connectivity index (χ1v) is 13.9. The highest BCUT2D eigenvalue weighted by atomic mass is 32.2. The van der Waals surface area contributed by atoms with Crippen molar-refractivity contribution < 1.29 is 13.2 Å². The monoisotopic (exact) mass is 500 g/mol. The molecule has 2 N–H and O–H groups in total. The van der Waals surface area contributed by atoms with E-state index >= 15 is 0 Å². The van der Waals surface area contributed by atoms with Crippen LogP contribution in [0.5, 0.6) is 0 Å². The summed E-state index contributed by atoms with van der Waals surface area (Å²) in [5.74, 6) is 0.510. The van der Waals surface area contributed by atoms with Gasteiger partial charge in [-0.1, -0.05) is 56.3 Å². The van der Waals surface area contributed by atoms with Crippen LogP contribution in [-0.2, 0) is 10.0 Å². The van der Waals surface area contributed by atoms with Crippen molar-refractivity contribution in [1.82, 2.24) is 0 Å². The Kier molecular flexibility index (Phi) is 6.25. The quantitative estimate of drug-likeness (QED) is 0.289. The number of hydrogen-bond donors (Lipinski definition) is 2. The first-order chi connectivity index (χ1) is 17.1. The standard InChI is InChI=1S/C30H32N2O3S/c1-18(2)30(33)22-11-9-21(10-12-22)29-26-7-5-6-25(26)27-17-24(14-15-28(27)31-29)36(34,35)32-23-13-8-19(3)20(4)16-23/h5-6,8-18,25-26,29,31-32H,7H2,1-4H3/t25-,26+,29-/m0/s1. The lowest BCUT2D eigenvalue weighted by Gasteiger charge is -2.37. The number of aryl methyl sites for hydroxylation is 2. The third-order valence-electron chi connectivity index (χ3n) is 7.48. The van der Waals surface area contributed by atoms with Crippen molar-refractivity contribution in [2.45, 2.75) is 51.0 Å². The molecule has 1 aliphatic heterocycles.